The minimum Gasteiger partial charge on any atom is -0.381 e. The van der Waals surface area contributed by atoms with E-state index in [1.165, 1.54) is 11.1 Å². The molecule has 1 aromatic rings. The number of rotatable bonds is 6. The molecule has 2 rings (SSSR count). The third-order valence-electron chi connectivity index (χ3n) is 4.25. The van der Waals surface area contributed by atoms with Crippen molar-refractivity contribution in [1.82, 2.24) is 10.3 Å². The fourth-order valence-corrected chi connectivity index (χ4v) is 2.99. The van der Waals surface area contributed by atoms with Gasteiger partial charge in [0, 0.05) is 44.1 Å². The zero-order chi connectivity index (χ0) is 15.2. The lowest BCUT2D eigenvalue weighted by Crippen LogP contribution is -2.38. The molecule has 1 fully saturated rings. The summed E-state index contributed by atoms with van der Waals surface area (Å²) >= 11 is 0. The molecular formula is C17H29N3O. The molecule has 0 atom stereocenters. The van der Waals surface area contributed by atoms with Crippen molar-refractivity contribution in [1.29, 1.82) is 0 Å². The topological polar surface area (TPSA) is 37.4 Å². The highest BCUT2D eigenvalue weighted by Gasteiger charge is 2.22. The van der Waals surface area contributed by atoms with Gasteiger partial charge in [0.05, 0.1) is 0 Å². The summed E-state index contributed by atoms with van der Waals surface area (Å²) in [4.78, 5) is 7.20. The summed E-state index contributed by atoms with van der Waals surface area (Å²) in [5.41, 5.74) is 3.77. The van der Waals surface area contributed by atoms with Crippen LogP contribution in [-0.4, -0.2) is 37.8 Å². The first-order chi connectivity index (χ1) is 10.1. The highest BCUT2D eigenvalue weighted by atomic mass is 16.5. The highest BCUT2D eigenvalue weighted by molar-refractivity contribution is 5.52. The van der Waals surface area contributed by atoms with E-state index < -0.39 is 0 Å². The van der Waals surface area contributed by atoms with E-state index in [0.717, 1.165) is 57.1 Å². The van der Waals surface area contributed by atoms with Crippen molar-refractivity contribution in [3.8, 4) is 0 Å². The maximum atomic E-state index is 5.48. The van der Waals surface area contributed by atoms with Gasteiger partial charge in [-0.3, -0.25) is 0 Å². The second kappa shape index (κ2) is 7.76. The van der Waals surface area contributed by atoms with Crippen LogP contribution in [0.3, 0.4) is 0 Å². The smallest absolute Gasteiger partial charge is 0.133 e. The Labute approximate surface area is 128 Å². The molecule has 4 heteroatoms. The molecule has 1 aromatic heterocycles. The standard InChI is InChI=1S/C17H29N3O/c1-5-8-18-12-16-13(2)11-14(3)19-17(16)20(4)15-6-9-21-10-7-15/h11,15,18H,5-10,12H2,1-4H3. The molecule has 0 saturated carbocycles. The average molecular weight is 291 g/mol. The van der Waals surface area contributed by atoms with Gasteiger partial charge in [0.2, 0.25) is 0 Å². The van der Waals surface area contributed by atoms with Gasteiger partial charge in [0.1, 0.15) is 5.82 Å². The summed E-state index contributed by atoms with van der Waals surface area (Å²) in [6.45, 7) is 10.1. The van der Waals surface area contributed by atoms with Gasteiger partial charge in [-0.15, -0.1) is 0 Å². The van der Waals surface area contributed by atoms with Crippen molar-refractivity contribution >= 4 is 5.82 Å². The molecule has 0 bridgehead atoms. The summed E-state index contributed by atoms with van der Waals surface area (Å²) in [6, 6.07) is 2.72. The normalized spacial score (nSPS) is 16.2. The largest absolute Gasteiger partial charge is 0.381 e. The zero-order valence-corrected chi connectivity index (χ0v) is 13.9. The fourth-order valence-electron chi connectivity index (χ4n) is 2.99. The first-order valence-electron chi connectivity index (χ1n) is 8.12. The van der Waals surface area contributed by atoms with Crippen LogP contribution in [0.25, 0.3) is 0 Å². The molecule has 0 radical (unpaired) electrons. The number of ether oxygens (including phenoxy) is 1. The van der Waals surface area contributed by atoms with E-state index >= 15 is 0 Å². The van der Waals surface area contributed by atoms with Gasteiger partial charge in [0.25, 0.3) is 0 Å². The molecule has 0 aliphatic carbocycles. The Morgan fingerprint density at radius 3 is 2.71 bits per heavy atom. The van der Waals surface area contributed by atoms with E-state index in [2.05, 4.69) is 44.1 Å². The minimum absolute atomic E-state index is 0.539. The highest BCUT2D eigenvalue weighted by Crippen LogP contribution is 2.26. The summed E-state index contributed by atoms with van der Waals surface area (Å²) in [6.07, 6.45) is 3.34. The Balaban J connectivity index is 2.22. The van der Waals surface area contributed by atoms with E-state index in [1.54, 1.807) is 0 Å². The summed E-state index contributed by atoms with van der Waals surface area (Å²) in [7, 11) is 2.18. The van der Waals surface area contributed by atoms with Crippen molar-refractivity contribution in [3.63, 3.8) is 0 Å². The van der Waals surface area contributed by atoms with Gasteiger partial charge in [0.15, 0.2) is 0 Å². The maximum Gasteiger partial charge on any atom is 0.133 e. The molecule has 0 spiro atoms. The quantitative estimate of drug-likeness (QED) is 0.818. The number of nitrogens with zero attached hydrogens (tertiary/aromatic N) is 2. The Hall–Kier alpha value is -1.13. The van der Waals surface area contributed by atoms with E-state index in [1.807, 2.05) is 0 Å². The number of aryl methyl sites for hydroxylation is 2. The number of pyridine rings is 1. The Morgan fingerprint density at radius 1 is 1.33 bits per heavy atom. The van der Waals surface area contributed by atoms with Crippen molar-refractivity contribution in [2.45, 2.75) is 52.6 Å². The second-order valence-electron chi connectivity index (χ2n) is 6.01. The first kappa shape index (κ1) is 16.2. The van der Waals surface area contributed by atoms with Crippen LogP contribution >= 0.6 is 0 Å². The summed E-state index contributed by atoms with van der Waals surface area (Å²) in [5, 5.41) is 3.52. The molecule has 1 aliphatic heterocycles. The van der Waals surface area contributed by atoms with Crippen LogP contribution in [0.5, 0.6) is 0 Å². The molecular weight excluding hydrogens is 262 g/mol. The lowest BCUT2D eigenvalue weighted by atomic mass is 10.0. The molecule has 2 heterocycles. The van der Waals surface area contributed by atoms with Gasteiger partial charge in [-0.05, 0) is 51.3 Å². The molecule has 21 heavy (non-hydrogen) atoms. The van der Waals surface area contributed by atoms with Gasteiger partial charge >= 0.3 is 0 Å². The van der Waals surface area contributed by atoms with Crippen LogP contribution < -0.4 is 10.2 Å². The maximum absolute atomic E-state index is 5.48. The number of hydrogen-bond acceptors (Lipinski definition) is 4. The van der Waals surface area contributed by atoms with Crippen LogP contribution in [0.4, 0.5) is 5.82 Å². The molecule has 118 valence electrons. The Morgan fingerprint density at radius 2 is 2.05 bits per heavy atom. The molecule has 0 unspecified atom stereocenters. The molecule has 0 aromatic carbocycles. The predicted octanol–water partition coefficient (Wildman–Crippen LogP) is 2.81. The van der Waals surface area contributed by atoms with Crippen LogP contribution in [0.2, 0.25) is 0 Å². The predicted molar refractivity (Wildman–Crippen MR) is 88.0 cm³/mol. The van der Waals surface area contributed by atoms with Crippen molar-refractivity contribution in [2.75, 3.05) is 31.7 Å². The fraction of sp³-hybridized carbons (Fsp3) is 0.706. The lowest BCUT2D eigenvalue weighted by Gasteiger charge is -2.34. The van der Waals surface area contributed by atoms with Gasteiger partial charge in [-0.2, -0.15) is 0 Å². The van der Waals surface area contributed by atoms with E-state index in [4.69, 9.17) is 9.72 Å². The number of hydrogen-bond donors (Lipinski definition) is 1. The molecule has 0 amide bonds. The van der Waals surface area contributed by atoms with Crippen molar-refractivity contribution in [2.24, 2.45) is 0 Å². The second-order valence-corrected chi connectivity index (χ2v) is 6.01. The first-order valence-corrected chi connectivity index (χ1v) is 8.12. The summed E-state index contributed by atoms with van der Waals surface area (Å²) < 4.78 is 5.48. The number of aromatic nitrogens is 1. The molecule has 1 N–H and O–H groups in total. The van der Waals surface area contributed by atoms with E-state index in [-0.39, 0.29) is 0 Å². The lowest BCUT2D eigenvalue weighted by molar-refractivity contribution is 0.0853. The van der Waals surface area contributed by atoms with Crippen LogP contribution in [0.1, 0.15) is 43.0 Å². The number of nitrogens with one attached hydrogen (secondary N) is 1. The molecule has 1 saturated heterocycles. The minimum atomic E-state index is 0.539. The average Bonchev–Trinajstić information content (AvgIpc) is 2.49. The van der Waals surface area contributed by atoms with Crippen LogP contribution in [0.15, 0.2) is 6.07 Å². The van der Waals surface area contributed by atoms with Gasteiger partial charge in [-0.25, -0.2) is 4.98 Å². The monoisotopic (exact) mass is 291 g/mol. The third-order valence-corrected chi connectivity index (χ3v) is 4.25. The van der Waals surface area contributed by atoms with Crippen LogP contribution in [-0.2, 0) is 11.3 Å². The van der Waals surface area contributed by atoms with Crippen molar-refractivity contribution < 1.29 is 4.74 Å². The third kappa shape index (κ3) is 4.17. The van der Waals surface area contributed by atoms with E-state index in [0.29, 0.717) is 6.04 Å². The van der Waals surface area contributed by atoms with Crippen LogP contribution in [0, 0.1) is 13.8 Å². The molecule has 1 aliphatic rings. The number of anilines is 1. The Kier molecular flexibility index (Phi) is 6.00. The Bertz CT molecular complexity index is 456. The SMILES string of the molecule is CCCNCc1c(C)cc(C)nc1N(C)C1CCOCC1. The van der Waals surface area contributed by atoms with Gasteiger partial charge in [-0.1, -0.05) is 6.92 Å². The molecule has 4 nitrogen and oxygen atoms in total. The van der Waals surface area contributed by atoms with E-state index in [9.17, 15) is 0 Å². The zero-order valence-electron chi connectivity index (χ0n) is 13.9. The summed E-state index contributed by atoms with van der Waals surface area (Å²) in [5.74, 6) is 1.14. The van der Waals surface area contributed by atoms with Gasteiger partial charge < -0.3 is 15.0 Å². The van der Waals surface area contributed by atoms with Crippen molar-refractivity contribution in [3.05, 3.63) is 22.9 Å².